The van der Waals surface area contributed by atoms with Crippen molar-refractivity contribution in [2.75, 3.05) is 0 Å². The fraction of sp³-hybridized carbons (Fsp3) is 0.240. The Hall–Kier alpha value is -3.03. The molecule has 0 amide bonds. The zero-order valence-electron chi connectivity index (χ0n) is 18.9. The number of aromatic nitrogens is 2. The van der Waals surface area contributed by atoms with Crippen molar-refractivity contribution in [3.05, 3.63) is 72.1 Å². The van der Waals surface area contributed by atoms with Crippen molar-refractivity contribution in [3.8, 4) is 11.5 Å². The third-order valence-corrected chi connectivity index (χ3v) is 7.63. The van der Waals surface area contributed by atoms with Gasteiger partial charge in [-0.3, -0.25) is 0 Å². The molecule has 0 aliphatic heterocycles. The van der Waals surface area contributed by atoms with E-state index in [2.05, 4.69) is 9.97 Å². The molecule has 0 saturated heterocycles. The van der Waals surface area contributed by atoms with Gasteiger partial charge in [-0.1, -0.05) is 0 Å². The summed E-state index contributed by atoms with van der Waals surface area (Å²) in [6.45, 7) is 9.27. The van der Waals surface area contributed by atoms with Gasteiger partial charge in [0.25, 0.3) is 0 Å². The first-order valence-electron chi connectivity index (χ1n) is 10.5. The summed E-state index contributed by atoms with van der Waals surface area (Å²) in [6.07, 6.45) is 0. The molecule has 7 heteroatoms. The van der Waals surface area contributed by atoms with Gasteiger partial charge in [-0.25, -0.2) is 0 Å². The van der Waals surface area contributed by atoms with Crippen LogP contribution in [0.25, 0.3) is 21.8 Å². The average molecular weight is 487 g/mol. The van der Waals surface area contributed by atoms with E-state index < -0.39 is 22.7 Å². The summed E-state index contributed by atoms with van der Waals surface area (Å²) < 4.78 is 18.4. The summed E-state index contributed by atoms with van der Waals surface area (Å²) in [5, 5.41) is 1.89. The van der Waals surface area contributed by atoms with Gasteiger partial charge in [-0.15, -0.1) is 0 Å². The third kappa shape index (κ3) is 4.89. The van der Waals surface area contributed by atoms with Crippen LogP contribution >= 0.6 is 0 Å². The van der Waals surface area contributed by atoms with Gasteiger partial charge in [0.1, 0.15) is 0 Å². The zero-order valence-corrected chi connectivity index (χ0v) is 21.3. The maximum absolute atomic E-state index is 12.7. The molecule has 2 heterocycles. The van der Waals surface area contributed by atoms with Crippen LogP contribution in [-0.2, 0) is 8.32 Å². The Labute approximate surface area is 193 Å². The van der Waals surface area contributed by atoms with Gasteiger partial charge in [-0.2, -0.15) is 0 Å². The molecule has 0 fully saturated rings. The summed E-state index contributed by atoms with van der Waals surface area (Å²) in [4.78, 5) is 22.0. The Balaban J connectivity index is 1.73. The first-order chi connectivity index (χ1) is 15.2. The second-order valence-corrected chi connectivity index (χ2v) is 11.4. The number of nitrogens with zero attached hydrogens (tertiary/aromatic N) is 2. The molecule has 4 rings (SSSR count). The first kappa shape index (κ1) is 22.2. The molecule has 4 aromatic rings. The molecule has 2 aromatic carbocycles. The summed E-state index contributed by atoms with van der Waals surface area (Å²) in [6, 6.07) is 19.3. The maximum atomic E-state index is 12.7. The summed E-state index contributed by atoms with van der Waals surface area (Å²) in [5.41, 5.74) is 2.49. The molecule has 32 heavy (non-hydrogen) atoms. The Morgan fingerprint density at radius 1 is 0.750 bits per heavy atom. The second kappa shape index (κ2) is 8.84. The molecule has 0 N–H and O–H groups in total. The number of carbonyl (C=O) groups is 1. The Bertz CT molecular complexity index is 1210. The van der Waals surface area contributed by atoms with Crippen molar-refractivity contribution in [1.29, 1.82) is 0 Å². The Morgan fingerprint density at radius 3 is 1.66 bits per heavy atom. The van der Waals surface area contributed by atoms with E-state index >= 15 is 0 Å². The molecular formula is C25H25GaN2O4. The molecule has 0 unspecified atom stereocenters. The summed E-state index contributed by atoms with van der Waals surface area (Å²) in [5.74, 6) is 0.723. The molecule has 0 aliphatic rings. The van der Waals surface area contributed by atoms with Gasteiger partial charge < -0.3 is 0 Å². The van der Waals surface area contributed by atoms with Crippen LogP contribution < -0.4 is 7.06 Å². The number of hydrogen-bond donors (Lipinski definition) is 0. The number of pyridine rings is 2. The predicted octanol–water partition coefficient (Wildman–Crippen LogP) is 5.43. The molecule has 0 atom stereocenters. The number of rotatable bonds is 5. The van der Waals surface area contributed by atoms with Crippen molar-refractivity contribution >= 4 is 45.1 Å². The summed E-state index contributed by atoms with van der Waals surface area (Å²) in [7, 11) is 0. The summed E-state index contributed by atoms with van der Waals surface area (Å²) >= 11 is -3.62. The number of carbonyl (C=O) groups excluding carboxylic acids is 1. The van der Waals surface area contributed by atoms with E-state index in [1.54, 1.807) is 20.8 Å². The zero-order chi connectivity index (χ0) is 22.9. The third-order valence-electron chi connectivity index (χ3n) is 4.91. The number of benzene rings is 2. The van der Waals surface area contributed by atoms with Crippen molar-refractivity contribution in [2.45, 2.75) is 34.6 Å². The normalized spacial score (nSPS) is 11.4. The fourth-order valence-corrected chi connectivity index (χ4v) is 6.25. The molecule has 2 aromatic heterocycles. The van der Waals surface area contributed by atoms with Gasteiger partial charge in [0.15, 0.2) is 0 Å². The van der Waals surface area contributed by atoms with Crippen LogP contribution in [0.3, 0.4) is 0 Å². The quantitative estimate of drug-likeness (QED) is 0.350. The first-order valence-corrected chi connectivity index (χ1v) is 13.4. The minimum absolute atomic E-state index is 0.365. The van der Waals surface area contributed by atoms with Gasteiger partial charge in [0.05, 0.1) is 0 Å². The van der Waals surface area contributed by atoms with Crippen LogP contribution in [0.1, 0.15) is 32.2 Å². The number of aryl methyl sites for hydroxylation is 2. The molecule has 0 bridgehead atoms. The SMILES string of the molecule is Cc1ccc2cccc([O][Ga]([O]C(=O)C(C)(C)C)[O]c3cccc4ccc(C)nc34)c2n1. The van der Waals surface area contributed by atoms with Crippen LogP contribution in [0, 0.1) is 19.3 Å². The number of hydrogen-bond acceptors (Lipinski definition) is 6. The van der Waals surface area contributed by atoms with Crippen molar-refractivity contribution in [2.24, 2.45) is 5.41 Å². The van der Waals surface area contributed by atoms with Gasteiger partial charge in [-0.05, 0) is 0 Å². The van der Waals surface area contributed by atoms with E-state index in [4.69, 9.17) is 10.6 Å². The predicted molar refractivity (Wildman–Crippen MR) is 126 cm³/mol. The molecule has 0 radical (unpaired) electrons. The van der Waals surface area contributed by atoms with Crippen molar-refractivity contribution < 1.29 is 15.4 Å². The fourth-order valence-electron chi connectivity index (χ4n) is 3.17. The Morgan fingerprint density at radius 2 is 1.22 bits per heavy atom. The monoisotopic (exact) mass is 486 g/mol. The molecule has 0 spiro atoms. The molecule has 162 valence electrons. The van der Waals surface area contributed by atoms with E-state index in [1.807, 2.05) is 74.5 Å². The molecule has 0 aliphatic carbocycles. The van der Waals surface area contributed by atoms with E-state index in [0.29, 0.717) is 22.5 Å². The van der Waals surface area contributed by atoms with E-state index in [-0.39, 0.29) is 5.97 Å². The topological polar surface area (TPSA) is 70.5 Å². The molecule has 0 saturated carbocycles. The van der Waals surface area contributed by atoms with Gasteiger partial charge in [0, 0.05) is 0 Å². The van der Waals surface area contributed by atoms with Crippen LogP contribution in [0.15, 0.2) is 60.7 Å². The van der Waals surface area contributed by atoms with E-state index in [0.717, 1.165) is 22.2 Å². The minimum atomic E-state index is -3.62. The molecule has 6 nitrogen and oxygen atoms in total. The van der Waals surface area contributed by atoms with E-state index in [1.165, 1.54) is 0 Å². The molecular weight excluding hydrogens is 462 g/mol. The van der Waals surface area contributed by atoms with Crippen LogP contribution in [-0.4, -0.2) is 33.2 Å². The van der Waals surface area contributed by atoms with Gasteiger partial charge in [0.2, 0.25) is 0 Å². The van der Waals surface area contributed by atoms with Crippen LogP contribution in [0.2, 0.25) is 0 Å². The second-order valence-electron chi connectivity index (χ2n) is 8.74. The van der Waals surface area contributed by atoms with Crippen molar-refractivity contribution in [3.63, 3.8) is 0 Å². The Kier molecular flexibility index (Phi) is 6.12. The number of para-hydroxylation sites is 2. The van der Waals surface area contributed by atoms with E-state index in [9.17, 15) is 4.79 Å². The average Bonchev–Trinajstić information content (AvgIpc) is 2.74. The van der Waals surface area contributed by atoms with Crippen LogP contribution in [0.5, 0.6) is 11.5 Å². The van der Waals surface area contributed by atoms with Crippen molar-refractivity contribution in [1.82, 2.24) is 9.97 Å². The standard InChI is InChI=1S/2C10H9NO.C5H10O2.Ga/c2*1-7-5-6-8-3-2-4-9(12)10(8)11-7;1-5(2,3)4(6)7;/h2*2-6,12H,1H3;1-3H3,(H,6,7);/q;;;+3/p-3. The van der Waals surface area contributed by atoms with Crippen LogP contribution in [0.4, 0.5) is 0 Å². The van der Waals surface area contributed by atoms with Gasteiger partial charge >= 0.3 is 194 Å². The number of fused-ring (bicyclic) bond motifs is 2.